The number of nitrogens with zero attached hydrogens (tertiary/aromatic N) is 2. The summed E-state index contributed by atoms with van der Waals surface area (Å²) in [7, 11) is 0. The molecule has 2 N–H and O–H groups in total. The second-order valence-corrected chi connectivity index (χ2v) is 4.97. The molecule has 1 aromatic carbocycles. The lowest BCUT2D eigenvalue weighted by molar-refractivity contribution is 0.555. The van der Waals surface area contributed by atoms with E-state index in [1.54, 1.807) is 18.3 Å². The Morgan fingerprint density at radius 1 is 1.00 bits per heavy atom. The average molecular weight is 304 g/mol. The molecule has 0 saturated heterocycles. The Balaban J connectivity index is 1.66. The number of anilines is 2. The van der Waals surface area contributed by atoms with Gasteiger partial charge in [0.2, 0.25) is 0 Å². The molecule has 0 saturated carbocycles. The summed E-state index contributed by atoms with van der Waals surface area (Å²) in [5, 5.41) is 3.20. The molecule has 4 rings (SSSR count). The number of fused-ring (bicyclic) bond motifs is 1. The second kappa shape index (κ2) is 5.42. The van der Waals surface area contributed by atoms with Crippen molar-refractivity contribution in [2.24, 2.45) is 0 Å². The van der Waals surface area contributed by atoms with E-state index in [2.05, 4.69) is 20.3 Å². The number of pyridine rings is 2. The van der Waals surface area contributed by atoms with Crippen LogP contribution in [-0.4, -0.2) is 15.0 Å². The molecule has 0 fully saturated rings. The van der Waals surface area contributed by atoms with Crippen molar-refractivity contribution in [1.82, 2.24) is 15.0 Å². The maximum Gasteiger partial charge on any atom is 0.417 e. The van der Waals surface area contributed by atoms with Crippen molar-refractivity contribution in [2.75, 3.05) is 5.32 Å². The number of H-pyrrole nitrogens is 1. The molecule has 23 heavy (non-hydrogen) atoms. The third-order valence-corrected chi connectivity index (χ3v) is 3.37. The summed E-state index contributed by atoms with van der Waals surface area (Å²) < 4.78 is 5.06. The van der Waals surface area contributed by atoms with Gasteiger partial charge in [-0.1, -0.05) is 12.1 Å². The van der Waals surface area contributed by atoms with E-state index in [0.717, 1.165) is 17.1 Å². The summed E-state index contributed by atoms with van der Waals surface area (Å²) in [6.07, 6.45) is 1.74. The van der Waals surface area contributed by atoms with E-state index in [0.29, 0.717) is 16.9 Å². The van der Waals surface area contributed by atoms with Gasteiger partial charge in [0.15, 0.2) is 5.58 Å². The normalized spacial score (nSPS) is 10.8. The molecule has 0 amide bonds. The van der Waals surface area contributed by atoms with Crippen LogP contribution in [0.25, 0.3) is 22.5 Å². The summed E-state index contributed by atoms with van der Waals surface area (Å²) >= 11 is 0. The Hall–Kier alpha value is -3.41. The molecule has 0 aliphatic heterocycles. The summed E-state index contributed by atoms with van der Waals surface area (Å²) in [5.41, 5.74) is 3.54. The van der Waals surface area contributed by atoms with Crippen molar-refractivity contribution in [3.8, 4) is 11.4 Å². The Labute approximate surface area is 130 Å². The molecule has 0 unspecified atom stereocenters. The lowest BCUT2D eigenvalue weighted by Gasteiger charge is -2.07. The molecule has 3 aromatic heterocycles. The maximum atomic E-state index is 11.2. The number of oxazole rings is 1. The predicted octanol–water partition coefficient (Wildman–Crippen LogP) is 3.32. The fraction of sp³-hybridized carbons (Fsp3) is 0. The number of rotatable bonds is 3. The smallest absolute Gasteiger partial charge is 0.408 e. The Kier molecular flexibility index (Phi) is 3.12. The summed E-state index contributed by atoms with van der Waals surface area (Å²) in [6.45, 7) is 0. The second-order valence-electron chi connectivity index (χ2n) is 4.97. The summed E-state index contributed by atoms with van der Waals surface area (Å²) in [6, 6.07) is 16.8. The summed E-state index contributed by atoms with van der Waals surface area (Å²) in [4.78, 5) is 22.7. The lowest BCUT2D eigenvalue weighted by Crippen LogP contribution is -1.95. The van der Waals surface area contributed by atoms with Gasteiger partial charge in [-0.15, -0.1) is 0 Å². The predicted molar refractivity (Wildman–Crippen MR) is 87.6 cm³/mol. The van der Waals surface area contributed by atoms with E-state index < -0.39 is 5.76 Å². The molecule has 0 aliphatic carbocycles. The van der Waals surface area contributed by atoms with Gasteiger partial charge < -0.3 is 9.73 Å². The SMILES string of the molecule is O=c1[nH]c2ccc(Nc3cccc(-c4ccccn4)n3)cc2o1. The fourth-order valence-electron chi connectivity index (χ4n) is 2.33. The molecule has 0 aliphatic rings. The summed E-state index contributed by atoms with van der Waals surface area (Å²) in [5.74, 6) is 0.220. The zero-order chi connectivity index (χ0) is 15.6. The first-order valence-corrected chi connectivity index (χ1v) is 7.06. The highest BCUT2D eigenvalue weighted by Gasteiger charge is 2.05. The minimum Gasteiger partial charge on any atom is -0.408 e. The molecular formula is C17H12N4O2. The maximum absolute atomic E-state index is 11.2. The Morgan fingerprint density at radius 3 is 2.78 bits per heavy atom. The number of aromatic nitrogens is 3. The zero-order valence-electron chi connectivity index (χ0n) is 12.0. The molecule has 6 nitrogen and oxygen atoms in total. The van der Waals surface area contributed by atoms with E-state index in [1.165, 1.54) is 0 Å². The van der Waals surface area contributed by atoms with Crippen LogP contribution in [0.1, 0.15) is 0 Å². The van der Waals surface area contributed by atoms with E-state index in [1.807, 2.05) is 42.5 Å². The van der Waals surface area contributed by atoms with Crippen molar-refractivity contribution >= 4 is 22.6 Å². The van der Waals surface area contributed by atoms with Crippen molar-refractivity contribution in [2.45, 2.75) is 0 Å². The van der Waals surface area contributed by atoms with Gasteiger partial charge in [0.05, 0.1) is 16.9 Å². The molecule has 0 bridgehead atoms. The zero-order valence-corrected chi connectivity index (χ0v) is 12.0. The number of benzene rings is 1. The standard InChI is InChI=1S/C17H12N4O2/c22-17-21-14-8-7-11(10-15(14)23-17)19-16-6-3-5-13(20-16)12-4-1-2-9-18-12/h1-10H,(H,19,20)(H,21,22). The quantitative estimate of drug-likeness (QED) is 0.606. The van der Waals surface area contributed by atoms with Crippen LogP contribution in [0.2, 0.25) is 0 Å². The van der Waals surface area contributed by atoms with Gasteiger partial charge in [-0.05, 0) is 36.4 Å². The first-order valence-electron chi connectivity index (χ1n) is 7.06. The van der Waals surface area contributed by atoms with Crippen LogP contribution >= 0.6 is 0 Å². The molecule has 0 spiro atoms. The third-order valence-electron chi connectivity index (χ3n) is 3.37. The number of hydrogen-bond acceptors (Lipinski definition) is 5. The van der Waals surface area contributed by atoms with Gasteiger partial charge in [0, 0.05) is 18.0 Å². The first-order chi connectivity index (χ1) is 11.3. The van der Waals surface area contributed by atoms with Crippen molar-refractivity contribution in [1.29, 1.82) is 0 Å². The number of hydrogen-bond donors (Lipinski definition) is 2. The van der Waals surface area contributed by atoms with E-state index >= 15 is 0 Å². The van der Waals surface area contributed by atoms with Gasteiger partial charge in [0.1, 0.15) is 5.82 Å². The number of nitrogens with one attached hydrogen (secondary N) is 2. The molecule has 0 radical (unpaired) electrons. The van der Waals surface area contributed by atoms with Crippen LogP contribution < -0.4 is 11.1 Å². The van der Waals surface area contributed by atoms with Crippen LogP contribution in [0.5, 0.6) is 0 Å². The highest BCUT2D eigenvalue weighted by molar-refractivity contribution is 5.78. The molecule has 6 heteroatoms. The van der Waals surface area contributed by atoms with E-state index in [-0.39, 0.29) is 0 Å². The van der Waals surface area contributed by atoms with Crippen LogP contribution in [0, 0.1) is 0 Å². The Morgan fingerprint density at radius 2 is 1.91 bits per heavy atom. The molecular weight excluding hydrogens is 292 g/mol. The van der Waals surface area contributed by atoms with Gasteiger partial charge in [-0.3, -0.25) is 9.97 Å². The van der Waals surface area contributed by atoms with Crippen molar-refractivity contribution < 1.29 is 4.42 Å². The minimum absolute atomic E-state index is 0.465. The number of aromatic amines is 1. The van der Waals surface area contributed by atoms with E-state index in [9.17, 15) is 4.79 Å². The van der Waals surface area contributed by atoms with Crippen LogP contribution in [0.3, 0.4) is 0 Å². The van der Waals surface area contributed by atoms with E-state index in [4.69, 9.17) is 4.42 Å². The Bertz CT molecular complexity index is 1020. The highest BCUT2D eigenvalue weighted by atomic mass is 16.4. The van der Waals surface area contributed by atoms with Crippen molar-refractivity contribution in [3.63, 3.8) is 0 Å². The van der Waals surface area contributed by atoms with Gasteiger partial charge in [0.25, 0.3) is 0 Å². The molecule has 4 aromatic rings. The highest BCUT2D eigenvalue weighted by Crippen LogP contribution is 2.21. The van der Waals surface area contributed by atoms with Gasteiger partial charge in [-0.25, -0.2) is 9.78 Å². The van der Waals surface area contributed by atoms with Crippen molar-refractivity contribution in [3.05, 3.63) is 71.3 Å². The lowest BCUT2D eigenvalue weighted by atomic mass is 10.2. The van der Waals surface area contributed by atoms with Crippen LogP contribution in [0.4, 0.5) is 11.5 Å². The topological polar surface area (TPSA) is 83.8 Å². The largest absolute Gasteiger partial charge is 0.417 e. The monoisotopic (exact) mass is 304 g/mol. The van der Waals surface area contributed by atoms with Gasteiger partial charge >= 0.3 is 5.76 Å². The first kappa shape index (κ1) is 13.3. The van der Waals surface area contributed by atoms with Crippen LogP contribution in [0.15, 0.2) is 70.0 Å². The van der Waals surface area contributed by atoms with Gasteiger partial charge in [-0.2, -0.15) is 0 Å². The third kappa shape index (κ3) is 2.69. The fourth-order valence-corrected chi connectivity index (χ4v) is 2.33. The van der Waals surface area contributed by atoms with Crippen LogP contribution in [-0.2, 0) is 0 Å². The minimum atomic E-state index is -0.465. The molecule has 3 heterocycles. The molecule has 0 atom stereocenters. The average Bonchev–Trinajstić information content (AvgIpc) is 2.95. The molecule has 112 valence electrons.